The zero-order chi connectivity index (χ0) is 21.1. The fraction of sp³-hybridized carbons (Fsp3) is 0.238. The number of rotatable bonds is 7. The smallest absolute Gasteiger partial charge is 0.278 e. The second-order valence-electron chi connectivity index (χ2n) is 6.75. The molecule has 0 spiro atoms. The highest BCUT2D eigenvalue weighted by Gasteiger charge is 2.39. The number of imide groups is 1. The van der Waals surface area contributed by atoms with E-state index in [0.717, 1.165) is 16.0 Å². The van der Waals surface area contributed by atoms with Crippen molar-refractivity contribution < 1.29 is 19.2 Å². The Labute approximate surface area is 167 Å². The molecule has 29 heavy (non-hydrogen) atoms. The van der Waals surface area contributed by atoms with Gasteiger partial charge in [0.05, 0.1) is 23.6 Å². The minimum atomic E-state index is -0.514. The molecular formula is C21H21N3O5. The number of carbonyl (C=O) groups is 2. The molecule has 8 heteroatoms. The number of carbonyl (C=O) groups excluding carboxylic acids is 2. The number of hydrogen-bond donors (Lipinski definition) is 1. The Morgan fingerprint density at radius 1 is 1.07 bits per heavy atom. The van der Waals surface area contributed by atoms with Gasteiger partial charge < -0.3 is 10.1 Å². The van der Waals surface area contributed by atoms with E-state index in [2.05, 4.69) is 5.32 Å². The first-order chi connectivity index (χ1) is 13.8. The first kappa shape index (κ1) is 20.2. The van der Waals surface area contributed by atoms with Gasteiger partial charge in [-0.25, -0.2) is 0 Å². The third kappa shape index (κ3) is 4.02. The van der Waals surface area contributed by atoms with Crippen LogP contribution in [0.25, 0.3) is 5.57 Å². The number of amides is 2. The minimum Gasteiger partial charge on any atom is -0.383 e. The highest BCUT2D eigenvalue weighted by atomic mass is 16.6. The van der Waals surface area contributed by atoms with Crippen molar-refractivity contribution in [1.29, 1.82) is 0 Å². The highest BCUT2D eigenvalue weighted by molar-refractivity contribution is 6.36. The number of ether oxygens (including phenoxy) is 1. The molecule has 0 bridgehead atoms. The van der Waals surface area contributed by atoms with E-state index in [0.29, 0.717) is 11.3 Å². The molecule has 2 aromatic carbocycles. The van der Waals surface area contributed by atoms with Crippen LogP contribution in [0, 0.1) is 24.0 Å². The summed E-state index contributed by atoms with van der Waals surface area (Å²) in [5, 5.41) is 14.0. The zero-order valence-electron chi connectivity index (χ0n) is 16.4. The molecule has 0 unspecified atom stereocenters. The van der Waals surface area contributed by atoms with Gasteiger partial charge in [-0.15, -0.1) is 0 Å². The lowest BCUT2D eigenvalue weighted by Crippen LogP contribution is -2.35. The van der Waals surface area contributed by atoms with E-state index < -0.39 is 16.7 Å². The number of hydrogen-bond acceptors (Lipinski definition) is 6. The Morgan fingerprint density at radius 2 is 1.76 bits per heavy atom. The topological polar surface area (TPSA) is 102 Å². The van der Waals surface area contributed by atoms with Crippen LogP contribution < -0.4 is 5.32 Å². The fourth-order valence-electron chi connectivity index (χ4n) is 3.18. The maximum Gasteiger partial charge on any atom is 0.278 e. The lowest BCUT2D eigenvalue weighted by molar-refractivity contribution is -0.384. The van der Waals surface area contributed by atoms with Gasteiger partial charge in [-0.1, -0.05) is 17.7 Å². The molecule has 1 aliphatic rings. The molecule has 3 rings (SSSR count). The van der Waals surface area contributed by atoms with Crippen LogP contribution in [-0.2, 0) is 14.3 Å². The Kier molecular flexibility index (Phi) is 5.74. The number of nitro benzene ring substituents is 1. The fourth-order valence-corrected chi connectivity index (χ4v) is 3.18. The van der Waals surface area contributed by atoms with E-state index in [1.165, 1.54) is 31.4 Å². The highest BCUT2D eigenvalue weighted by Crippen LogP contribution is 2.32. The summed E-state index contributed by atoms with van der Waals surface area (Å²) in [7, 11) is 1.49. The van der Waals surface area contributed by atoms with Crippen LogP contribution in [0.4, 0.5) is 11.4 Å². The first-order valence-electron chi connectivity index (χ1n) is 9.02. The van der Waals surface area contributed by atoms with Crippen molar-refractivity contribution in [3.63, 3.8) is 0 Å². The van der Waals surface area contributed by atoms with Crippen LogP contribution in [-0.4, -0.2) is 41.9 Å². The molecule has 1 heterocycles. The molecule has 2 amide bonds. The summed E-state index contributed by atoms with van der Waals surface area (Å²) in [5.41, 5.74) is 3.38. The largest absolute Gasteiger partial charge is 0.383 e. The maximum atomic E-state index is 13.0. The van der Waals surface area contributed by atoms with Crippen LogP contribution in [0.2, 0.25) is 0 Å². The summed E-state index contributed by atoms with van der Waals surface area (Å²) in [5.74, 6) is -0.923. The van der Waals surface area contributed by atoms with Crippen LogP contribution in [0.15, 0.2) is 48.2 Å². The Hall–Kier alpha value is -3.52. The van der Waals surface area contributed by atoms with Gasteiger partial charge in [-0.05, 0) is 43.2 Å². The summed E-state index contributed by atoms with van der Waals surface area (Å²) < 4.78 is 5.01. The number of nitro groups is 1. The van der Waals surface area contributed by atoms with E-state index in [9.17, 15) is 19.7 Å². The summed E-state index contributed by atoms with van der Waals surface area (Å²) in [6, 6.07) is 11.3. The molecule has 1 N–H and O–H groups in total. The second kappa shape index (κ2) is 8.24. The van der Waals surface area contributed by atoms with Crippen LogP contribution in [0.5, 0.6) is 0 Å². The quantitative estimate of drug-likeness (QED) is 0.439. The molecule has 0 saturated carbocycles. The Bertz CT molecular complexity index is 1010. The van der Waals surface area contributed by atoms with Gasteiger partial charge >= 0.3 is 0 Å². The van der Waals surface area contributed by atoms with Crippen LogP contribution >= 0.6 is 0 Å². The van der Waals surface area contributed by atoms with E-state index in [-0.39, 0.29) is 30.1 Å². The van der Waals surface area contributed by atoms with E-state index in [1.807, 2.05) is 32.0 Å². The standard InChI is InChI=1S/C21H21N3O5/c1-13-4-9-17(14(2)12-13)22-19-18(15-5-7-16(8-6-15)24(27)28)20(25)23(21(19)26)10-11-29-3/h4-9,12,22H,10-11H2,1-3H3. The molecule has 0 aliphatic carbocycles. The van der Waals surface area contributed by atoms with Crippen molar-refractivity contribution in [3.8, 4) is 0 Å². The minimum absolute atomic E-state index is 0.0914. The molecule has 8 nitrogen and oxygen atoms in total. The SMILES string of the molecule is COCCN1C(=O)C(Nc2ccc(C)cc2C)=C(c2ccc([N+](=O)[O-])cc2)C1=O. The third-order valence-corrected chi connectivity index (χ3v) is 4.70. The number of non-ortho nitro benzene ring substituents is 1. The predicted molar refractivity (Wildman–Crippen MR) is 108 cm³/mol. The summed E-state index contributed by atoms with van der Waals surface area (Å²) in [6.45, 7) is 4.20. The van der Waals surface area contributed by atoms with Crippen molar-refractivity contribution in [2.45, 2.75) is 13.8 Å². The zero-order valence-corrected chi connectivity index (χ0v) is 16.4. The van der Waals surface area contributed by atoms with Crippen molar-refractivity contribution in [2.24, 2.45) is 0 Å². The van der Waals surface area contributed by atoms with Gasteiger partial charge in [0, 0.05) is 24.9 Å². The van der Waals surface area contributed by atoms with Crippen molar-refractivity contribution >= 4 is 28.8 Å². The molecule has 1 aliphatic heterocycles. The Balaban J connectivity index is 2.06. The molecule has 0 aromatic heterocycles. The second-order valence-corrected chi connectivity index (χ2v) is 6.75. The molecular weight excluding hydrogens is 374 g/mol. The van der Waals surface area contributed by atoms with E-state index >= 15 is 0 Å². The van der Waals surface area contributed by atoms with E-state index in [1.54, 1.807) is 0 Å². The summed E-state index contributed by atoms with van der Waals surface area (Å²) in [4.78, 5) is 37.5. The third-order valence-electron chi connectivity index (χ3n) is 4.70. The molecule has 0 saturated heterocycles. The first-order valence-corrected chi connectivity index (χ1v) is 9.02. The monoisotopic (exact) mass is 395 g/mol. The summed E-state index contributed by atoms with van der Waals surface area (Å²) >= 11 is 0. The van der Waals surface area contributed by atoms with Gasteiger partial charge in [0.15, 0.2) is 0 Å². The van der Waals surface area contributed by atoms with Gasteiger partial charge in [0.2, 0.25) is 0 Å². The lowest BCUT2D eigenvalue weighted by atomic mass is 10.0. The predicted octanol–water partition coefficient (Wildman–Crippen LogP) is 3.05. The molecule has 0 fully saturated rings. The maximum absolute atomic E-state index is 13.0. The molecule has 0 radical (unpaired) electrons. The average Bonchev–Trinajstić information content (AvgIpc) is 2.92. The van der Waals surface area contributed by atoms with E-state index in [4.69, 9.17) is 4.74 Å². The number of methoxy groups -OCH3 is 1. The number of nitrogens with one attached hydrogen (secondary N) is 1. The number of benzene rings is 2. The normalized spacial score (nSPS) is 14.0. The Morgan fingerprint density at radius 3 is 2.34 bits per heavy atom. The van der Waals surface area contributed by atoms with Gasteiger partial charge in [0.1, 0.15) is 5.70 Å². The van der Waals surface area contributed by atoms with Crippen molar-refractivity contribution in [1.82, 2.24) is 4.90 Å². The lowest BCUT2D eigenvalue weighted by Gasteiger charge is -2.15. The number of nitrogens with zero attached hydrogens (tertiary/aromatic N) is 2. The van der Waals surface area contributed by atoms with Crippen molar-refractivity contribution in [3.05, 3.63) is 75.0 Å². The van der Waals surface area contributed by atoms with Crippen LogP contribution in [0.3, 0.4) is 0 Å². The summed E-state index contributed by atoms with van der Waals surface area (Å²) in [6.07, 6.45) is 0. The number of aryl methyl sites for hydroxylation is 2. The molecule has 2 aromatic rings. The van der Waals surface area contributed by atoms with Gasteiger partial charge in [-0.2, -0.15) is 0 Å². The molecule has 0 atom stereocenters. The molecule has 150 valence electrons. The van der Waals surface area contributed by atoms with Gasteiger partial charge in [-0.3, -0.25) is 24.6 Å². The average molecular weight is 395 g/mol. The van der Waals surface area contributed by atoms with Crippen molar-refractivity contribution in [2.75, 3.05) is 25.6 Å². The number of anilines is 1. The van der Waals surface area contributed by atoms with Gasteiger partial charge in [0.25, 0.3) is 17.5 Å². The van der Waals surface area contributed by atoms with Crippen LogP contribution in [0.1, 0.15) is 16.7 Å².